The third kappa shape index (κ3) is 3.70. The minimum atomic E-state index is 0.00254. The standard InChI is InChI=1S/C25H28N6O2S/c1-14-6-16-8-20(34-22(16)19(7-14)33-5)18-12-31(24-21(18)23(26)27-13-28-24)17-10-30(11-17)25(32)15(2)9-29(3)4/h6-8,12-13,17H,2,9-11H2,1,3-5H3,(H2,26,27,28). The fraction of sp³-hybridized carbons (Fsp3) is 0.320. The number of hydrogen-bond acceptors (Lipinski definition) is 7. The molecule has 4 heterocycles. The average molecular weight is 477 g/mol. The largest absolute Gasteiger partial charge is 0.495 e. The monoisotopic (exact) mass is 476 g/mol. The summed E-state index contributed by atoms with van der Waals surface area (Å²) in [5.74, 6) is 1.32. The van der Waals surface area contributed by atoms with Gasteiger partial charge in [0.05, 0.1) is 23.2 Å². The number of rotatable bonds is 6. The third-order valence-electron chi connectivity index (χ3n) is 6.20. The number of hydrogen-bond donors (Lipinski definition) is 1. The van der Waals surface area contributed by atoms with Gasteiger partial charge in [-0.2, -0.15) is 0 Å². The van der Waals surface area contributed by atoms with Crippen LogP contribution in [-0.2, 0) is 4.79 Å². The number of amides is 1. The number of methoxy groups -OCH3 is 1. The molecule has 8 nitrogen and oxygen atoms in total. The Labute approximate surface area is 202 Å². The van der Waals surface area contributed by atoms with Crippen LogP contribution in [0.4, 0.5) is 5.82 Å². The quantitative estimate of drug-likeness (QED) is 0.427. The van der Waals surface area contributed by atoms with Gasteiger partial charge in [0, 0.05) is 41.8 Å². The molecule has 34 heavy (non-hydrogen) atoms. The normalized spacial score (nSPS) is 14.2. The highest BCUT2D eigenvalue weighted by Gasteiger charge is 2.34. The lowest BCUT2D eigenvalue weighted by molar-refractivity contribution is -0.132. The molecule has 3 aromatic heterocycles. The fourth-order valence-corrected chi connectivity index (χ4v) is 5.74. The number of aromatic nitrogens is 3. The number of thiophene rings is 1. The van der Waals surface area contributed by atoms with Gasteiger partial charge in [0.15, 0.2) is 0 Å². The van der Waals surface area contributed by atoms with Crippen molar-refractivity contribution < 1.29 is 9.53 Å². The first-order valence-corrected chi connectivity index (χ1v) is 11.9. The van der Waals surface area contributed by atoms with Crippen LogP contribution in [0.2, 0.25) is 0 Å². The summed E-state index contributed by atoms with van der Waals surface area (Å²) < 4.78 is 8.85. The maximum atomic E-state index is 12.7. The summed E-state index contributed by atoms with van der Waals surface area (Å²) >= 11 is 1.67. The van der Waals surface area contributed by atoms with Gasteiger partial charge in [-0.15, -0.1) is 11.3 Å². The first kappa shape index (κ1) is 22.4. The van der Waals surface area contributed by atoms with E-state index in [0.717, 1.165) is 42.9 Å². The van der Waals surface area contributed by atoms with Crippen LogP contribution < -0.4 is 10.5 Å². The number of nitrogen functional groups attached to an aromatic ring is 1. The topological polar surface area (TPSA) is 89.5 Å². The highest BCUT2D eigenvalue weighted by Crippen LogP contribution is 2.43. The Hall–Kier alpha value is -3.43. The van der Waals surface area contributed by atoms with E-state index in [1.807, 2.05) is 30.0 Å². The second-order valence-electron chi connectivity index (χ2n) is 9.11. The van der Waals surface area contributed by atoms with E-state index in [2.05, 4.69) is 46.4 Å². The predicted octanol–water partition coefficient (Wildman–Crippen LogP) is 3.71. The van der Waals surface area contributed by atoms with Crippen molar-refractivity contribution in [2.24, 2.45) is 0 Å². The van der Waals surface area contributed by atoms with Crippen molar-refractivity contribution in [3.8, 4) is 16.2 Å². The molecular weight excluding hydrogens is 448 g/mol. The van der Waals surface area contributed by atoms with Gasteiger partial charge in [-0.05, 0) is 44.1 Å². The zero-order chi connectivity index (χ0) is 24.1. The maximum absolute atomic E-state index is 12.7. The lowest BCUT2D eigenvalue weighted by Gasteiger charge is -2.40. The van der Waals surface area contributed by atoms with Crippen molar-refractivity contribution in [2.75, 3.05) is 46.6 Å². The Balaban J connectivity index is 1.51. The van der Waals surface area contributed by atoms with E-state index in [4.69, 9.17) is 10.5 Å². The second-order valence-corrected chi connectivity index (χ2v) is 10.2. The molecule has 5 rings (SSSR count). The molecule has 1 aliphatic rings. The van der Waals surface area contributed by atoms with Gasteiger partial charge < -0.3 is 24.8 Å². The molecule has 0 atom stereocenters. The lowest BCUT2D eigenvalue weighted by Crippen LogP contribution is -2.51. The lowest BCUT2D eigenvalue weighted by atomic mass is 10.1. The van der Waals surface area contributed by atoms with E-state index in [1.165, 1.54) is 6.33 Å². The molecule has 1 saturated heterocycles. The van der Waals surface area contributed by atoms with Crippen molar-refractivity contribution in [1.82, 2.24) is 24.3 Å². The number of likely N-dealkylation sites (N-methyl/N-ethyl adjacent to an activating group) is 1. The van der Waals surface area contributed by atoms with Crippen LogP contribution in [0.3, 0.4) is 0 Å². The first-order chi connectivity index (χ1) is 16.3. The van der Waals surface area contributed by atoms with Gasteiger partial charge in [-0.1, -0.05) is 12.6 Å². The molecule has 0 saturated carbocycles. The summed E-state index contributed by atoms with van der Waals surface area (Å²) in [6.45, 7) is 7.79. The Morgan fingerprint density at radius 3 is 2.76 bits per heavy atom. The number of carbonyl (C=O) groups excluding carboxylic acids is 1. The highest BCUT2D eigenvalue weighted by molar-refractivity contribution is 7.22. The van der Waals surface area contributed by atoms with Crippen LogP contribution in [-0.4, -0.2) is 71.1 Å². The molecule has 0 bridgehead atoms. The summed E-state index contributed by atoms with van der Waals surface area (Å²) in [5, 5.41) is 1.97. The van der Waals surface area contributed by atoms with Crippen molar-refractivity contribution in [2.45, 2.75) is 13.0 Å². The van der Waals surface area contributed by atoms with Crippen LogP contribution in [0.1, 0.15) is 11.6 Å². The van der Waals surface area contributed by atoms with Gasteiger partial charge >= 0.3 is 0 Å². The Morgan fingerprint density at radius 2 is 2.06 bits per heavy atom. The molecule has 1 fully saturated rings. The summed E-state index contributed by atoms with van der Waals surface area (Å²) in [6, 6.07) is 6.50. The summed E-state index contributed by atoms with van der Waals surface area (Å²) in [5.41, 5.74) is 9.87. The molecular formula is C25H28N6O2S. The number of ether oxygens (including phenoxy) is 1. The molecule has 0 unspecified atom stereocenters. The number of benzene rings is 1. The van der Waals surface area contributed by atoms with Crippen LogP contribution in [0.15, 0.2) is 42.9 Å². The van der Waals surface area contributed by atoms with E-state index >= 15 is 0 Å². The minimum absolute atomic E-state index is 0.00254. The summed E-state index contributed by atoms with van der Waals surface area (Å²) in [6.07, 6.45) is 3.59. The Bertz CT molecular complexity index is 1430. The second kappa shape index (κ2) is 8.41. The van der Waals surface area contributed by atoms with Crippen molar-refractivity contribution in [3.63, 3.8) is 0 Å². The van der Waals surface area contributed by atoms with E-state index < -0.39 is 0 Å². The smallest absolute Gasteiger partial charge is 0.250 e. The predicted molar refractivity (Wildman–Crippen MR) is 137 cm³/mol. The molecule has 0 spiro atoms. The van der Waals surface area contributed by atoms with Gasteiger partial charge in [0.25, 0.3) is 5.91 Å². The van der Waals surface area contributed by atoms with Crippen LogP contribution >= 0.6 is 11.3 Å². The average Bonchev–Trinajstić information content (AvgIpc) is 3.34. The molecule has 176 valence electrons. The van der Waals surface area contributed by atoms with E-state index in [1.54, 1.807) is 18.4 Å². The molecule has 0 radical (unpaired) electrons. The molecule has 9 heteroatoms. The molecule has 0 aliphatic carbocycles. The number of likely N-dealkylation sites (tertiary alicyclic amines) is 1. The maximum Gasteiger partial charge on any atom is 0.250 e. The van der Waals surface area contributed by atoms with Gasteiger partial charge in [0.1, 0.15) is 23.5 Å². The fourth-order valence-electron chi connectivity index (χ4n) is 4.59. The Morgan fingerprint density at radius 1 is 1.29 bits per heavy atom. The third-order valence-corrected chi connectivity index (χ3v) is 7.40. The van der Waals surface area contributed by atoms with Gasteiger partial charge in [0.2, 0.25) is 0 Å². The number of carbonyl (C=O) groups is 1. The number of aryl methyl sites for hydroxylation is 1. The van der Waals surface area contributed by atoms with Gasteiger partial charge in [-0.3, -0.25) is 4.79 Å². The number of fused-ring (bicyclic) bond motifs is 2. The van der Waals surface area contributed by atoms with Gasteiger partial charge in [-0.25, -0.2) is 9.97 Å². The zero-order valence-electron chi connectivity index (χ0n) is 19.8. The van der Waals surface area contributed by atoms with Crippen LogP contribution in [0.5, 0.6) is 5.75 Å². The van der Waals surface area contributed by atoms with Crippen LogP contribution in [0, 0.1) is 6.92 Å². The SMILES string of the molecule is C=C(CN(C)C)C(=O)N1CC(n2cc(-c3cc4cc(C)cc(OC)c4s3)c3c(N)ncnc32)C1. The summed E-state index contributed by atoms with van der Waals surface area (Å²) in [4.78, 5) is 26.4. The number of nitrogens with two attached hydrogens (primary N) is 1. The highest BCUT2D eigenvalue weighted by atomic mass is 32.1. The van der Waals surface area contributed by atoms with Crippen molar-refractivity contribution in [3.05, 3.63) is 48.4 Å². The molecule has 1 aliphatic heterocycles. The number of nitrogens with zero attached hydrogens (tertiary/aromatic N) is 5. The molecule has 1 amide bonds. The zero-order valence-corrected chi connectivity index (χ0v) is 20.6. The molecule has 4 aromatic rings. The molecule has 1 aromatic carbocycles. The number of anilines is 1. The van der Waals surface area contributed by atoms with Crippen molar-refractivity contribution >= 4 is 44.2 Å². The first-order valence-electron chi connectivity index (χ1n) is 11.1. The van der Waals surface area contributed by atoms with E-state index in [0.29, 0.717) is 31.0 Å². The molecule has 2 N–H and O–H groups in total. The van der Waals surface area contributed by atoms with Crippen molar-refractivity contribution in [1.29, 1.82) is 0 Å². The Kier molecular flexibility index (Phi) is 5.53. The minimum Gasteiger partial charge on any atom is -0.495 e. The summed E-state index contributed by atoms with van der Waals surface area (Å²) in [7, 11) is 5.56. The van der Waals surface area contributed by atoms with E-state index in [9.17, 15) is 4.79 Å². The van der Waals surface area contributed by atoms with Crippen LogP contribution in [0.25, 0.3) is 31.6 Å². The van der Waals surface area contributed by atoms with E-state index in [-0.39, 0.29) is 11.9 Å².